The first kappa shape index (κ1) is 15.4. The Labute approximate surface area is 133 Å². The summed E-state index contributed by atoms with van der Waals surface area (Å²) < 4.78 is 11.8. The molecule has 0 saturated carbocycles. The van der Waals surface area contributed by atoms with Gasteiger partial charge in [0.2, 0.25) is 0 Å². The molecule has 3 rings (SSSR count). The van der Waals surface area contributed by atoms with Gasteiger partial charge in [-0.3, -0.25) is 4.79 Å². The molecule has 2 aromatic rings. The van der Waals surface area contributed by atoms with Crippen LogP contribution in [0.2, 0.25) is 0 Å². The highest BCUT2D eigenvalue weighted by atomic mass is 16.5. The summed E-state index contributed by atoms with van der Waals surface area (Å²) in [5.74, 6) is -0.561. The maximum Gasteiger partial charge on any atom is 0.347 e. The van der Waals surface area contributed by atoms with Crippen molar-refractivity contribution < 1.29 is 19.4 Å². The predicted octanol–water partition coefficient (Wildman–Crippen LogP) is 2.40. The first-order valence-corrected chi connectivity index (χ1v) is 7.64. The van der Waals surface area contributed by atoms with Crippen molar-refractivity contribution >= 4 is 16.9 Å². The molecule has 0 amide bonds. The third kappa shape index (κ3) is 2.25. The molecule has 0 bridgehead atoms. The first-order chi connectivity index (χ1) is 11.0. The van der Waals surface area contributed by atoms with E-state index in [0.29, 0.717) is 16.7 Å². The summed E-state index contributed by atoms with van der Waals surface area (Å²) >= 11 is 0. The van der Waals surface area contributed by atoms with Crippen molar-refractivity contribution in [3.05, 3.63) is 33.6 Å². The number of pyridine rings is 1. The number of rotatable bonds is 3. The van der Waals surface area contributed by atoms with E-state index in [1.807, 2.05) is 13.0 Å². The molecule has 1 unspecified atom stereocenters. The lowest BCUT2D eigenvalue weighted by Crippen LogP contribution is -2.32. The summed E-state index contributed by atoms with van der Waals surface area (Å²) in [6.07, 6.45) is 1.56. The predicted molar refractivity (Wildman–Crippen MR) is 85.4 cm³/mol. The summed E-state index contributed by atoms with van der Waals surface area (Å²) in [4.78, 5) is 24.9. The van der Waals surface area contributed by atoms with Crippen LogP contribution in [-0.4, -0.2) is 29.4 Å². The third-order valence-electron chi connectivity index (χ3n) is 4.32. The van der Waals surface area contributed by atoms with Crippen LogP contribution in [0.4, 0.5) is 0 Å². The Morgan fingerprint density at radius 2 is 2.17 bits per heavy atom. The van der Waals surface area contributed by atoms with Crippen LogP contribution in [0.25, 0.3) is 10.9 Å². The standard InChI is InChI=1S/C17H19NO5/c1-4-23-17(21)13-15(19)12-8-11(22-3)7-10-6-5-9(2)18(14(10)12)16(13)20/h7-9,19H,4-6H2,1-3H3. The zero-order chi connectivity index (χ0) is 16.7. The average Bonchev–Trinajstić information content (AvgIpc) is 2.53. The van der Waals surface area contributed by atoms with E-state index in [1.165, 1.54) is 0 Å². The highest BCUT2D eigenvalue weighted by molar-refractivity contribution is 6.01. The Bertz CT molecular complexity index is 852. The van der Waals surface area contributed by atoms with Gasteiger partial charge in [-0.05, 0) is 44.4 Å². The average molecular weight is 317 g/mol. The van der Waals surface area contributed by atoms with E-state index < -0.39 is 11.5 Å². The number of ether oxygens (including phenoxy) is 2. The van der Waals surface area contributed by atoms with Crippen molar-refractivity contribution in [2.45, 2.75) is 32.7 Å². The lowest BCUT2D eigenvalue weighted by molar-refractivity contribution is 0.0520. The number of aryl methyl sites for hydroxylation is 1. The van der Waals surface area contributed by atoms with Crippen LogP contribution in [0.15, 0.2) is 16.9 Å². The van der Waals surface area contributed by atoms with Gasteiger partial charge in [0, 0.05) is 11.4 Å². The molecule has 0 radical (unpaired) electrons. The molecule has 1 N–H and O–H groups in total. The van der Waals surface area contributed by atoms with Gasteiger partial charge in [-0.2, -0.15) is 0 Å². The van der Waals surface area contributed by atoms with Crippen LogP contribution in [0, 0.1) is 0 Å². The minimum Gasteiger partial charge on any atom is -0.506 e. The van der Waals surface area contributed by atoms with Gasteiger partial charge in [-0.15, -0.1) is 0 Å². The molecule has 23 heavy (non-hydrogen) atoms. The van der Waals surface area contributed by atoms with Crippen molar-refractivity contribution in [3.63, 3.8) is 0 Å². The number of nitrogens with zero attached hydrogens (tertiary/aromatic N) is 1. The van der Waals surface area contributed by atoms with Crippen molar-refractivity contribution in [1.82, 2.24) is 4.57 Å². The van der Waals surface area contributed by atoms with Gasteiger partial charge < -0.3 is 19.1 Å². The third-order valence-corrected chi connectivity index (χ3v) is 4.32. The van der Waals surface area contributed by atoms with Crippen molar-refractivity contribution in [3.8, 4) is 11.5 Å². The Hall–Kier alpha value is -2.50. The molecule has 122 valence electrons. The Balaban J connectivity index is 2.45. The Morgan fingerprint density at radius 1 is 1.43 bits per heavy atom. The number of aromatic nitrogens is 1. The highest BCUT2D eigenvalue weighted by Gasteiger charge is 2.29. The van der Waals surface area contributed by atoms with Crippen LogP contribution in [0.5, 0.6) is 11.5 Å². The Kier molecular flexibility index (Phi) is 3.75. The molecule has 1 atom stereocenters. The second-order valence-corrected chi connectivity index (χ2v) is 5.69. The second kappa shape index (κ2) is 5.61. The molecule has 1 aromatic carbocycles. The number of methoxy groups -OCH3 is 1. The van der Waals surface area contributed by atoms with Gasteiger partial charge >= 0.3 is 5.97 Å². The number of benzene rings is 1. The molecule has 0 spiro atoms. The molecule has 1 aromatic heterocycles. The maximum atomic E-state index is 12.8. The summed E-state index contributed by atoms with van der Waals surface area (Å²) in [6.45, 7) is 3.72. The smallest absolute Gasteiger partial charge is 0.347 e. The first-order valence-electron chi connectivity index (χ1n) is 7.64. The highest BCUT2D eigenvalue weighted by Crippen LogP contribution is 2.37. The van der Waals surface area contributed by atoms with Crippen molar-refractivity contribution in [1.29, 1.82) is 0 Å². The second-order valence-electron chi connectivity index (χ2n) is 5.69. The van der Waals surface area contributed by atoms with Gasteiger partial charge in [-0.25, -0.2) is 4.79 Å². The van der Waals surface area contributed by atoms with Crippen LogP contribution in [0.3, 0.4) is 0 Å². The quantitative estimate of drug-likeness (QED) is 0.880. The Morgan fingerprint density at radius 3 is 2.83 bits per heavy atom. The van der Waals surface area contributed by atoms with Crippen LogP contribution in [0.1, 0.15) is 42.2 Å². The van der Waals surface area contributed by atoms with Crippen molar-refractivity contribution in [2.75, 3.05) is 13.7 Å². The molecule has 0 saturated heterocycles. The molecule has 1 aliphatic heterocycles. The fourth-order valence-corrected chi connectivity index (χ4v) is 3.20. The van der Waals surface area contributed by atoms with E-state index in [1.54, 1.807) is 24.7 Å². The van der Waals surface area contributed by atoms with Crippen molar-refractivity contribution in [2.24, 2.45) is 0 Å². The van der Waals surface area contributed by atoms with E-state index >= 15 is 0 Å². The van der Waals surface area contributed by atoms with E-state index in [-0.39, 0.29) is 24.0 Å². The molecule has 2 heterocycles. The molecular weight excluding hydrogens is 298 g/mol. The summed E-state index contributed by atoms with van der Waals surface area (Å²) in [6, 6.07) is 3.46. The molecular formula is C17H19NO5. The number of esters is 1. The van der Waals surface area contributed by atoms with E-state index in [4.69, 9.17) is 9.47 Å². The largest absolute Gasteiger partial charge is 0.506 e. The minimum atomic E-state index is -0.803. The molecule has 1 aliphatic rings. The SMILES string of the molecule is CCOC(=O)c1c(O)c2cc(OC)cc3c2n(c1=O)C(C)CC3. The number of aromatic hydroxyl groups is 1. The zero-order valence-electron chi connectivity index (χ0n) is 13.4. The number of hydrogen-bond donors (Lipinski definition) is 1. The number of carbonyl (C=O) groups excluding carboxylic acids is 1. The van der Waals surface area contributed by atoms with Crippen LogP contribution < -0.4 is 10.3 Å². The van der Waals surface area contributed by atoms with Gasteiger partial charge in [0.15, 0.2) is 5.56 Å². The van der Waals surface area contributed by atoms with E-state index in [9.17, 15) is 14.7 Å². The molecule has 0 aliphatic carbocycles. The van der Waals surface area contributed by atoms with Crippen LogP contribution >= 0.6 is 0 Å². The zero-order valence-corrected chi connectivity index (χ0v) is 13.4. The lowest BCUT2D eigenvalue weighted by Gasteiger charge is -2.27. The summed E-state index contributed by atoms with van der Waals surface area (Å²) in [5.41, 5.74) is 0.778. The topological polar surface area (TPSA) is 77.8 Å². The lowest BCUT2D eigenvalue weighted by atomic mass is 9.95. The fourth-order valence-electron chi connectivity index (χ4n) is 3.20. The van der Waals surface area contributed by atoms with Gasteiger partial charge in [0.1, 0.15) is 11.5 Å². The van der Waals surface area contributed by atoms with Gasteiger partial charge in [-0.1, -0.05) is 0 Å². The summed E-state index contributed by atoms with van der Waals surface area (Å²) in [5, 5.41) is 11.0. The fraction of sp³-hybridized carbons (Fsp3) is 0.412. The molecule has 0 fully saturated rings. The monoisotopic (exact) mass is 317 g/mol. The molecule has 6 nitrogen and oxygen atoms in total. The van der Waals surface area contributed by atoms with E-state index in [0.717, 1.165) is 18.4 Å². The maximum absolute atomic E-state index is 12.8. The normalized spacial score (nSPS) is 16.4. The summed E-state index contributed by atoms with van der Waals surface area (Å²) in [7, 11) is 1.54. The van der Waals surface area contributed by atoms with Gasteiger partial charge in [0.25, 0.3) is 5.56 Å². The van der Waals surface area contributed by atoms with Gasteiger partial charge in [0.05, 0.1) is 19.2 Å². The number of hydrogen-bond acceptors (Lipinski definition) is 5. The molecule has 6 heteroatoms. The number of carbonyl (C=O) groups is 1. The minimum absolute atomic E-state index is 0.0559. The van der Waals surface area contributed by atoms with Crippen LogP contribution in [-0.2, 0) is 11.2 Å². The van der Waals surface area contributed by atoms with E-state index in [2.05, 4.69) is 0 Å².